The molecule has 0 fully saturated rings. The molecule has 18 heavy (non-hydrogen) atoms. The first kappa shape index (κ1) is 16.4. The number of methoxy groups -OCH3 is 1. The topological polar surface area (TPSA) is 81.4 Å². The monoisotopic (exact) mass is 272 g/mol. The lowest BCUT2D eigenvalue weighted by Crippen LogP contribution is -2.45. The molecule has 100 valence electrons. The molecule has 1 atom stereocenters. The molecule has 0 saturated carbocycles. The van der Waals surface area contributed by atoms with Gasteiger partial charge in [-0.25, -0.2) is 4.79 Å². The van der Waals surface area contributed by atoms with E-state index in [0.717, 1.165) is 5.56 Å². The molecule has 1 aromatic carbocycles. The Kier molecular flexibility index (Phi) is 7.74. The van der Waals surface area contributed by atoms with Gasteiger partial charge in [0, 0.05) is 6.42 Å². The summed E-state index contributed by atoms with van der Waals surface area (Å²) < 4.78 is 4.64. The summed E-state index contributed by atoms with van der Waals surface area (Å²) in [5, 5.41) is 2.53. The quantitative estimate of drug-likeness (QED) is 0.754. The molecule has 0 aromatic heterocycles. The minimum Gasteiger partial charge on any atom is -0.467 e. The van der Waals surface area contributed by atoms with Crippen LogP contribution in [0.1, 0.15) is 5.56 Å². The van der Waals surface area contributed by atoms with Gasteiger partial charge in [0.2, 0.25) is 5.91 Å². The number of esters is 1. The fourth-order valence-electron chi connectivity index (χ4n) is 1.44. The molecule has 0 aliphatic heterocycles. The Morgan fingerprint density at radius 2 is 1.94 bits per heavy atom. The number of nitrogens with one attached hydrogen (secondary N) is 1. The van der Waals surface area contributed by atoms with Crippen LogP contribution in [0.3, 0.4) is 0 Å². The number of benzene rings is 1. The van der Waals surface area contributed by atoms with Crippen molar-refractivity contribution in [2.24, 2.45) is 5.73 Å². The van der Waals surface area contributed by atoms with Crippen LogP contribution in [-0.4, -0.2) is 31.6 Å². The standard InChI is InChI=1S/C12H16N2O3.ClH/c1-17-12(16)10(14-11(15)8-13)7-9-5-3-2-4-6-9;/h2-6,10H,7-8,13H2,1H3,(H,14,15);1H/t10-;/m0./s1. The Hall–Kier alpha value is -1.59. The van der Waals surface area contributed by atoms with E-state index in [4.69, 9.17) is 5.73 Å². The van der Waals surface area contributed by atoms with Crippen molar-refractivity contribution in [1.82, 2.24) is 5.32 Å². The molecule has 0 spiro atoms. The molecule has 1 amide bonds. The summed E-state index contributed by atoms with van der Waals surface area (Å²) in [5.41, 5.74) is 6.14. The summed E-state index contributed by atoms with van der Waals surface area (Å²) in [4.78, 5) is 22.7. The van der Waals surface area contributed by atoms with E-state index < -0.39 is 12.0 Å². The minimum absolute atomic E-state index is 0. The predicted molar refractivity (Wildman–Crippen MR) is 70.4 cm³/mol. The molecule has 0 heterocycles. The van der Waals surface area contributed by atoms with Gasteiger partial charge >= 0.3 is 5.97 Å². The normalized spacial score (nSPS) is 11.0. The third-order valence-corrected chi connectivity index (χ3v) is 2.29. The van der Waals surface area contributed by atoms with Crippen LogP contribution in [0.4, 0.5) is 0 Å². The van der Waals surface area contributed by atoms with E-state index in [0.29, 0.717) is 6.42 Å². The van der Waals surface area contributed by atoms with Gasteiger partial charge in [-0.05, 0) is 5.56 Å². The first-order valence-corrected chi connectivity index (χ1v) is 5.28. The number of carbonyl (C=O) groups is 2. The van der Waals surface area contributed by atoms with Crippen molar-refractivity contribution in [2.45, 2.75) is 12.5 Å². The summed E-state index contributed by atoms with van der Waals surface area (Å²) in [5.74, 6) is -0.855. The molecule has 5 nitrogen and oxygen atoms in total. The van der Waals surface area contributed by atoms with Gasteiger partial charge in [-0.3, -0.25) is 4.79 Å². The smallest absolute Gasteiger partial charge is 0.328 e. The molecule has 1 aromatic rings. The van der Waals surface area contributed by atoms with Gasteiger partial charge in [0.25, 0.3) is 0 Å². The number of hydrogen-bond acceptors (Lipinski definition) is 4. The van der Waals surface area contributed by atoms with E-state index in [1.165, 1.54) is 7.11 Å². The van der Waals surface area contributed by atoms with Gasteiger partial charge in [0.05, 0.1) is 13.7 Å². The first-order chi connectivity index (χ1) is 8.17. The Balaban J connectivity index is 0.00000289. The number of carbonyl (C=O) groups excluding carboxylic acids is 2. The third kappa shape index (κ3) is 5.16. The zero-order valence-corrected chi connectivity index (χ0v) is 10.9. The molecular formula is C12H17ClN2O3. The lowest BCUT2D eigenvalue weighted by atomic mass is 10.1. The minimum atomic E-state index is -0.696. The molecule has 1 rings (SSSR count). The largest absolute Gasteiger partial charge is 0.467 e. The van der Waals surface area contributed by atoms with Crippen LogP contribution in [-0.2, 0) is 20.7 Å². The van der Waals surface area contributed by atoms with E-state index >= 15 is 0 Å². The van der Waals surface area contributed by atoms with Crippen LogP contribution in [0.15, 0.2) is 30.3 Å². The van der Waals surface area contributed by atoms with E-state index in [9.17, 15) is 9.59 Å². The summed E-state index contributed by atoms with van der Waals surface area (Å²) in [6, 6.07) is 8.69. The fourth-order valence-corrected chi connectivity index (χ4v) is 1.44. The second-order valence-corrected chi connectivity index (χ2v) is 3.54. The second-order valence-electron chi connectivity index (χ2n) is 3.54. The molecule has 0 bridgehead atoms. The number of hydrogen-bond donors (Lipinski definition) is 2. The Morgan fingerprint density at radius 3 is 2.44 bits per heavy atom. The van der Waals surface area contributed by atoms with Crippen molar-refractivity contribution < 1.29 is 14.3 Å². The molecule has 6 heteroatoms. The van der Waals surface area contributed by atoms with Crippen molar-refractivity contribution in [2.75, 3.05) is 13.7 Å². The van der Waals surface area contributed by atoms with E-state index in [1.807, 2.05) is 30.3 Å². The summed E-state index contributed by atoms with van der Waals surface area (Å²) in [7, 11) is 1.29. The highest BCUT2D eigenvalue weighted by atomic mass is 35.5. The van der Waals surface area contributed by atoms with E-state index in [1.54, 1.807) is 0 Å². The average molecular weight is 273 g/mol. The van der Waals surface area contributed by atoms with Crippen LogP contribution in [0, 0.1) is 0 Å². The number of ether oxygens (including phenoxy) is 1. The second kappa shape index (κ2) is 8.49. The maximum absolute atomic E-state index is 11.5. The van der Waals surface area contributed by atoms with Gasteiger partial charge in [-0.1, -0.05) is 30.3 Å². The SMILES string of the molecule is COC(=O)[C@H](Cc1ccccc1)NC(=O)CN.Cl. The van der Waals surface area contributed by atoms with Crippen LogP contribution in [0.2, 0.25) is 0 Å². The zero-order chi connectivity index (χ0) is 12.7. The zero-order valence-electron chi connectivity index (χ0n) is 10.1. The van der Waals surface area contributed by atoms with Gasteiger partial charge in [-0.2, -0.15) is 0 Å². The van der Waals surface area contributed by atoms with Gasteiger partial charge < -0.3 is 15.8 Å². The van der Waals surface area contributed by atoms with Crippen LogP contribution < -0.4 is 11.1 Å². The van der Waals surface area contributed by atoms with E-state index in [2.05, 4.69) is 10.1 Å². The summed E-state index contributed by atoms with van der Waals surface area (Å²) >= 11 is 0. The Labute approximate surface area is 112 Å². The number of halogens is 1. The number of rotatable bonds is 5. The lowest BCUT2D eigenvalue weighted by Gasteiger charge is -2.15. The Morgan fingerprint density at radius 1 is 1.33 bits per heavy atom. The molecular weight excluding hydrogens is 256 g/mol. The van der Waals surface area contributed by atoms with Crippen LogP contribution in [0.5, 0.6) is 0 Å². The van der Waals surface area contributed by atoms with Gasteiger partial charge in [0.1, 0.15) is 6.04 Å². The van der Waals surface area contributed by atoms with Crippen molar-refractivity contribution in [1.29, 1.82) is 0 Å². The highest BCUT2D eigenvalue weighted by Crippen LogP contribution is 2.04. The average Bonchev–Trinajstić information content (AvgIpc) is 2.38. The summed E-state index contributed by atoms with van der Waals surface area (Å²) in [6.45, 7) is -0.151. The molecule has 0 aliphatic rings. The van der Waals surface area contributed by atoms with Crippen LogP contribution in [0.25, 0.3) is 0 Å². The maximum atomic E-state index is 11.5. The molecule has 0 aliphatic carbocycles. The highest BCUT2D eigenvalue weighted by molar-refractivity contribution is 5.85. The van der Waals surface area contributed by atoms with Gasteiger partial charge in [-0.15, -0.1) is 12.4 Å². The number of amides is 1. The van der Waals surface area contributed by atoms with Gasteiger partial charge in [0.15, 0.2) is 0 Å². The predicted octanol–water partition coefficient (Wildman–Crippen LogP) is 0.267. The van der Waals surface area contributed by atoms with Crippen molar-refractivity contribution in [3.63, 3.8) is 0 Å². The number of nitrogens with two attached hydrogens (primary N) is 1. The maximum Gasteiger partial charge on any atom is 0.328 e. The van der Waals surface area contributed by atoms with E-state index in [-0.39, 0.29) is 24.9 Å². The molecule has 0 saturated heterocycles. The van der Waals surface area contributed by atoms with Crippen molar-refractivity contribution >= 4 is 24.3 Å². The molecule has 0 radical (unpaired) electrons. The first-order valence-electron chi connectivity index (χ1n) is 5.28. The van der Waals surface area contributed by atoms with Crippen molar-refractivity contribution in [3.8, 4) is 0 Å². The molecule has 3 N–H and O–H groups in total. The Bertz CT molecular complexity index is 384. The fraction of sp³-hybridized carbons (Fsp3) is 0.333. The lowest BCUT2D eigenvalue weighted by molar-refractivity contribution is -0.144. The molecule has 0 unspecified atom stereocenters. The highest BCUT2D eigenvalue weighted by Gasteiger charge is 2.21. The third-order valence-electron chi connectivity index (χ3n) is 2.29. The van der Waals surface area contributed by atoms with Crippen LogP contribution >= 0.6 is 12.4 Å². The summed E-state index contributed by atoms with van der Waals surface area (Å²) in [6.07, 6.45) is 0.388. The van der Waals surface area contributed by atoms with Crippen molar-refractivity contribution in [3.05, 3.63) is 35.9 Å².